The predicted molar refractivity (Wildman–Crippen MR) is 62.4 cm³/mol. The lowest BCUT2D eigenvalue weighted by molar-refractivity contribution is -0.0517. The molecule has 0 saturated carbocycles. The zero-order valence-electron chi connectivity index (χ0n) is 9.95. The molecule has 0 saturated heterocycles. The predicted octanol–water partition coefficient (Wildman–Crippen LogP) is 4.10. The lowest BCUT2D eigenvalue weighted by Crippen LogP contribution is -2.05. The minimum absolute atomic E-state index is 0.00370. The van der Waals surface area contributed by atoms with Crippen LogP contribution in [0.1, 0.15) is 25.3 Å². The van der Waals surface area contributed by atoms with E-state index in [0.29, 0.717) is 5.39 Å². The van der Waals surface area contributed by atoms with Crippen molar-refractivity contribution in [1.82, 2.24) is 4.98 Å². The first kappa shape index (κ1) is 12.7. The largest absolute Gasteiger partial charge is 0.416 e. The van der Waals surface area contributed by atoms with Crippen LogP contribution in [0.5, 0.6) is 5.88 Å². The van der Waals surface area contributed by atoms with E-state index in [0.717, 1.165) is 5.56 Å². The van der Waals surface area contributed by atoms with Crippen LogP contribution in [0.25, 0.3) is 10.8 Å². The van der Waals surface area contributed by atoms with Gasteiger partial charge < -0.3 is 4.74 Å². The van der Waals surface area contributed by atoms with Crippen LogP contribution in [0.3, 0.4) is 0 Å². The van der Waals surface area contributed by atoms with Gasteiger partial charge in [-0.2, -0.15) is 8.78 Å². The Labute approximate surface area is 102 Å². The summed E-state index contributed by atoms with van der Waals surface area (Å²) >= 11 is 0. The topological polar surface area (TPSA) is 22.1 Å². The molecule has 0 amide bonds. The highest BCUT2D eigenvalue weighted by atomic mass is 19.3. The van der Waals surface area contributed by atoms with E-state index >= 15 is 0 Å². The van der Waals surface area contributed by atoms with Gasteiger partial charge in [0.15, 0.2) is 0 Å². The fraction of sp³-hybridized carbons (Fsp3) is 0.308. The summed E-state index contributed by atoms with van der Waals surface area (Å²) in [4.78, 5) is 3.67. The smallest absolute Gasteiger partial charge is 0.388 e. The Morgan fingerprint density at radius 3 is 2.50 bits per heavy atom. The van der Waals surface area contributed by atoms with E-state index in [2.05, 4.69) is 9.72 Å². The number of halogens is 3. The van der Waals surface area contributed by atoms with Gasteiger partial charge in [0, 0.05) is 6.20 Å². The van der Waals surface area contributed by atoms with Gasteiger partial charge in [0.2, 0.25) is 5.88 Å². The Kier molecular flexibility index (Phi) is 3.41. The number of aromatic nitrogens is 1. The molecule has 2 nitrogen and oxygen atoms in total. The van der Waals surface area contributed by atoms with Crippen LogP contribution < -0.4 is 4.74 Å². The molecule has 1 heterocycles. The third kappa shape index (κ3) is 2.25. The molecule has 0 spiro atoms. The molecule has 0 unspecified atom stereocenters. The van der Waals surface area contributed by atoms with Gasteiger partial charge in [-0.05, 0) is 29.0 Å². The van der Waals surface area contributed by atoms with Crippen molar-refractivity contribution >= 4 is 10.8 Å². The molecule has 0 radical (unpaired) electrons. The first-order valence-electron chi connectivity index (χ1n) is 5.52. The molecular weight excluding hydrogens is 243 g/mol. The van der Waals surface area contributed by atoms with Crippen LogP contribution in [0, 0.1) is 5.82 Å². The minimum atomic E-state index is -3.02. The monoisotopic (exact) mass is 255 g/mol. The fourth-order valence-electron chi connectivity index (χ4n) is 1.93. The Morgan fingerprint density at radius 2 is 1.89 bits per heavy atom. The Hall–Kier alpha value is -1.78. The summed E-state index contributed by atoms with van der Waals surface area (Å²) in [7, 11) is 0. The van der Waals surface area contributed by atoms with E-state index in [9.17, 15) is 13.2 Å². The molecule has 2 aromatic rings. The van der Waals surface area contributed by atoms with Crippen LogP contribution in [0.15, 0.2) is 24.4 Å². The molecule has 1 aromatic heterocycles. The fourth-order valence-corrected chi connectivity index (χ4v) is 1.93. The van der Waals surface area contributed by atoms with Crippen LogP contribution in [-0.2, 0) is 0 Å². The van der Waals surface area contributed by atoms with Crippen molar-refractivity contribution in [3.05, 3.63) is 35.8 Å². The first-order chi connectivity index (χ1) is 8.50. The standard InChI is InChI=1S/C13H12F3NO/c1-7(2)8-3-4-10(14)11-9(8)5-6-17-12(11)18-13(15)16/h3-7,13H,1-2H3. The maximum atomic E-state index is 13.8. The van der Waals surface area contributed by atoms with Crippen molar-refractivity contribution in [3.63, 3.8) is 0 Å². The average Bonchev–Trinajstić information content (AvgIpc) is 2.28. The van der Waals surface area contributed by atoms with Gasteiger partial charge in [-0.1, -0.05) is 19.9 Å². The Morgan fingerprint density at radius 1 is 1.17 bits per heavy atom. The summed E-state index contributed by atoms with van der Waals surface area (Å²) in [5, 5.41) is 0.555. The summed E-state index contributed by atoms with van der Waals surface area (Å²) < 4.78 is 42.5. The van der Waals surface area contributed by atoms with E-state index in [1.165, 1.54) is 12.3 Å². The van der Waals surface area contributed by atoms with Crippen LogP contribution >= 0.6 is 0 Å². The SMILES string of the molecule is CC(C)c1ccc(F)c2c(OC(F)F)nccc12. The lowest BCUT2D eigenvalue weighted by atomic mass is 9.97. The molecule has 1 aromatic carbocycles. The second-order valence-electron chi connectivity index (χ2n) is 4.21. The number of fused-ring (bicyclic) bond motifs is 1. The normalized spacial score (nSPS) is 11.5. The number of benzene rings is 1. The molecule has 0 atom stereocenters. The van der Waals surface area contributed by atoms with Crippen molar-refractivity contribution < 1.29 is 17.9 Å². The highest BCUT2D eigenvalue weighted by molar-refractivity contribution is 5.90. The average molecular weight is 255 g/mol. The van der Waals surface area contributed by atoms with E-state index in [1.54, 1.807) is 12.1 Å². The maximum Gasteiger partial charge on any atom is 0.388 e. The van der Waals surface area contributed by atoms with E-state index in [-0.39, 0.29) is 17.2 Å². The van der Waals surface area contributed by atoms with Crippen LogP contribution in [0.2, 0.25) is 0 Å². The lowest BCUT2D eigenvalue weighted by Gasteiger charge is -2.13. The number of rotatable bonds is 3. The minimum Gasteiger partial charge on any atom is -0.416 e. The van der Waals surface area contributed by atoms with Crippen molar-refractivity contribution in [1.29, 1.82) is 0 Å². The molecule has 18 heavy (non-hydrogen) atoms. The van der Waals surface area contributed by atoms with E-state index in [1.807, 2.05) is 13.8 Å². The molecular formula is C13H12F3NO. The number of hydrogen-bond acceptors (Lipinski definition) is 2. The molecule has 2 rings (SSSR count). The molecule has 0 aliphatic carbocycles. The molecule has 0 fully saturated rings. The molecule has 0 N–H and O–H groups in total. The molecule has 0 aliphatic rings. The van der Waals surface area contributed by atoms with Crippen molar-refractivity contribution in [2.24, 2.45) is 0 Å². The molecule has 5 heteroatoms. The van der Waals surface area contributed by atoms with Gasteiger partial charge in [0.25, 0.3) is 0 Å². The van der Waals surface area contributed by atoms with Gasteiger partial charge in [0.05, 0.1) is 5.39 Å². The highest BCUT2D eigenvalue weighted by Gasteiger charge is 2.16. The van der Waals surface area contributed by atoms with E-state index in [4.69, 9.17) is 0 Å². The third-order valence-electron chi connectivity index (χ3n) is 2.70. The van der Waals surface area contributed by atoms with Crippen LogP contribution in [-0.4, -0.2) is 11.6 Å². The Bertz CT molecular complexity index is 569. The Balaban J connectivity index is 2.71. The summed E-state index contributed by atoms with van der Waals surface area (Å²) in [5.74, 6) is -0.837. The number of pyridine rings is 1. The zero-order chi connectivity index (χ0) is 13.3. The van der Waals surface area contributed by atoms with Crippen molar-refractivity contribution in [2.45, 2.75) is 26.4 Å². The number of hydrogen-bond donors (Lipinski definition) is 0. The highest BCUT2D eigenvalue weighted by Crippen LogP contribution is 2.32. The van der Waals surface area contributed by atoms with Gasteiger partial charge in [-0.25, -0.2) is 9.37 Å². The van der Waals surface area contributed by atoms with Crippen LogP contribution in [0.4, 0.5) is 13.2 Å². The molecule has 0 aliphatic heterocycles. The first-order valence-corrected chi connectivity index (χ1v) is 5.52. The summed E-state index contributed by atoms with van der Waals surface area (Å²) in [6, 6.07) is 4.50. The molecule has 96 valence electrons. The third-order valence-corrected chi connectivity index (χ3v) is 2.70. The quantitative estimate of drug-likeness (QED) is 0.823. The summed E-state index contributed by atoms with van der Waals surface area (Å²) in [6.07, 6.45) is 1.34. The molecule has 0 bridgehead atoms. The number of ether oxygens (including phenoxy) is 1. The summed E-state index contributed by atoms with van der Waals surface area (Å²) in [5.41, 5.74) is 0.868. The van der Waals surface area contributed by atoms with Gasteiger partial charge in [-0.15, -0.1) is 0 Å². The summed E-state index contributed by atoms with van der Waals surface area (Å²) in [6.45, 7) is 0.867. The van der Waals surface area contributed by atoms with E-state index < -0.39 is 12.4 Å². The van der Waals surface area contributed by atoms with Gasteiger partial charge in [0.1, 0.15) is 5.82 Å². The van der Waals surface area contributed by atoms with Crippen molar-refractivity contribution in [2.75, 3.05) is 0 Å². The second-order valence-corrected chi connectivity index (χ2v) is 4.21. The zero-order valence-corrected chi connectivity index (χ0v) is 9.95. The number of alkyl halides is 2. The van der Waals surface area contributed by atoms with Gasteiger partial charge in [-0.3, -0.25) is 0 Å². The maximum absolute atomic E-state index is 13.8. The van der Waals surface area contributed by atoms with Gasteiger partial charge >= 0.3 is 6.61 Å². The van der Waals surface area contributed by atoms with Crippen molar-refractivity contribution in [3.8, 4) is 5.88 Å². The second kappa shape index (κ2) is 4.84. The number of nitrogens with zero attached hydrogens (tertiary/aromatic N) is 1.